The topological polar surface area (TPSA) is 128 Å². The van der Waals surface area contributed by atoms with Gasteiger partial charge in [-0.15, -0.1) is 11.8 Å². The van der Waals surface area contributed by atoms with Crippen molar-refractivity contribution < 1.29 is 19.8 Å². The normalized spacial score (nSPS) is 17.7. The molecule has 1 aromatic rings. The predicted octanol–water partition coefficient (Wildman–Crippen LogP) is 4.46. The van der Waals surface area contributed by atoms with E-state index >= 15 is 0 Å². The third-order valence-corrected chi connectivity index (χ3v) is 6.69. The summed E-state index contributed by atoms with van der Waals surface area (Å²) in [5.74, 6) is -0.965. The maximum Gasteiger partial charge on any atom is 0.307 e. The molecule has 0 aromatic heterocycles. The van der Waals surface area contributed by atoms with Gasteiger partial charge in [0.1, 0.15) is 6.61 Å². The number of carboxylic acids is 1. The van der Waals surface area contributed by atoms with Crippen molar-refractivity contribution in [1.29, 1.82) is 0 Å². The standard InChI is InChI=1S/C18H22N4O4S2/c19-22-20-8-4-1-5-9-26-21-11-13(10-17(24)25)18-16(12-23)27-14-6-2-3-7-15(14)28-18/h2-3,6-7,11,16,23H,1,4-5,8-10,12H2,(H,24,25)/b18-13-,21-11+. The summed E-state index contributed by atoms with van der Waals surface area (Å²) >= 11 is 2.99. The fourth-order valence-electron chi connectivity index (χ4n) is 2.50. The van der Waals surface area contributed by atoms with Gasteiger partial charge >= 0.3 is 5.97 Å². The molecule has 1 aliphatic heterocycles. The van der Waals surface area contributed by atoms with Crippen molar-refractivity contribution in [1.82, 2.24) is 0 Å². The number of unbranched alkanes of at least 4 members (excludes halogenated alkanes) is 2. The lowest BCUT2D eigenvalue weighted by Gasteiger charge is -2.26. The minimum absolute atomic E-state index is 0.0929. The van der Waals surface area contributed by atoms with Gasteiger partial charge in [0.15, 0.2) is 0 Å². The van der Waals surface area contributed by atoms with Crippen molar-refractivity contribution in [3.05, 3.63) is 45.2 Å². The van der Waals surface area contributed by atoms with Crippen molar-refractivity contribution in [2.75, 3.05) is 19.8 Å². The third-order valence-electron chi connectivity index (χ3n) is 3.79. The number of aliphatic carboxylic acids is 1. The molecule has 2 rings (SSSR count). The van der Waals surface area contributed by atoms with Gasteiger partial charge in [-0.2, -0.15) is 0 Å². The summed E-state index contributed by atoms with van der Waals surface area (Å²) in [7, 11) is 0. The summed E-state index contributed by atoms with van der Waals surface area (Å²) in [6, 6.07) is 7.83. The summed E-state index contributed by atoms with van der Waals surface area (Å²) in [6.45, 7) is 0.772. The zero-order valence-corrected chi connectivity index (χ0v) is 16.9. The average molecular weight is 423 g/mol. The first-order valence-corrected chi connectivity index (χ1v) is 10.5. The average Bonchev–Trinajstić information content (AvgIpc) is 2.70. The number of rotatable bonds is 11. The van der Waals surface area contributed by atoms with Crippen LogP contribution in [0.1, 0.15) is 25.7 Å². The van der Waals surface area contributed by atoms with Crippen LogP contribution in [0.2, 0.25) is 0 Å². The molecule has 1 heterocycles. The van der Waals surface area contributed by atoms with E-state index < -0.39 is 5.97 Å². The van der Waals surface area contributed by atoms with Gasteiger partial charge < -0.3 is 15.1 Å². The molecule has 1 aromatic carbocycles. The second-order valence-electron chi connectivity index (χ2n) is 5.88. The second-order valence-corrected chi connectivity index (χ2v) is 8.21. The smallest absolute Gasteiger partial charge is 0.307 e. The molecule has 150 valence electrons. The van der Waals surface area contributed by atoms with Crippen molar-refractivity contribution in [2.24, 2.45) is 10.3 Å². The highest BCUT2D eigenvalue weighted by Gasteiger charge is 2.27. The van der Waals surface area contributed by atoms with Crippen LogP contribution in [0.15, 0.2) is 54.8 Å². The Morgan fingerprint density at radius 3 is 2.79 bits per heavy atom. The maximum atomic E-state index is 11.3. The summed E-state index contributed by atoms with van der Waals surface area (Å²) < 4.78 is 0. The van der Waals surface area contributed by atoms with Gasteiger partial charge in [0.25, 0.3) is 0 Å². The molecular formula is C18H22N4O4S2. The van der Waals surface area contributed by atoms with Crippen LogP contribution in [-0.4, -0.2) is 47.4 Å². The van der Waals surface area contributed by atoms with Crippen LogP contribution in [0.25, 0.3) is 10.4 Å². The van der Waals surface area contributed by atoms with E-state index in [0.29, 0.717) is 18.7 Å². The monoisotopic (exact) mass is 422 g/mol. The van der Waals surface area contributed by atoms with Gasteiger partial charge in [-0.1, -0.05) is 34.2 Å². The maximum absolute atomic E-state index is 11.3. The van der Waals surface area contributed by atoms with E-state index in [1.54, 1.807) is 0 Å². The molecule has 10 heteroatoms. The Labute approximate surface area is 171 Å². The molecule has 0 aliphatic carbocycles. The number of oxime groups is 1. The number of nitrogens with zero attached hydrogens (tertiary/aromatic N) is 4. The second kappa shape index (κ2) is 12.4. The van der Waals surface area contributed by atoms with Crippen molar-refractivity contribution in [3.8, 4) is 0 Å². The molecule has 0 spiro atoms. The Morgan fingerprint density at radius 1 is 1.29 bits per heavy atom. The molecule has 0 amide bonds. The van der Waals surface area contributed by atoms with Gasteiger partial charge in [-0.05, 0) is 42.5 Å². The molecule has 0 radical (unpaired) electrons. The van der Waals surface area contributed by atoms with Crippen LogP contribution in [0, 0.1) is 0 Å². The highest BCUT2D eigenvalue weighted by molar-refractivity contribution is 8.08. The minimum atomic E-state index is -0.965. The zero-order valence-electron chi connectivity index (χ0n) is 15.2. The van der Waals surface area contributed by atoms with E-state index in [1.807, 2.05) is 24.3 Å². The molecule has 0 fully saturated rings. The van der Waals surface area contributed by atoms with Gasteiger partial charge in [0, 0.05) is 26.2 Å². The number of hydrogen-bond acceptors (Lipinski definition) is 7. The van der Waals surface area contributed by atoms with E-state index in [-0.39, 0.29) is 18.3 Å². The van der Waals surface area contributed by atoms with Crippen molar-refractivity contribution in [2.45, 2.75) is 40.7 Å². The number of aliphatic hydroxyl groups excluding tert-OH is 1. The number of aliphatic hydroxyl groups is 1. The Balaban J connectivity index is 2.03. The first-order valence-electron chi connectivity index (χ1n) is 8.81. The minimum Gasteiger partial charge on any atom is -0.481 e. The van der Waals surface area contributed by atoms with Crippen LogP contribution in [-0.2, 0) is 9.63 Å². The lowest BCUT2D eigenvalue weighted by molar-refractivity contribution is -0.136. The Kier molecular flexibility index (Phi) is 9.78. The van der Waals surface area contributed by atoms with Crippen molar-refractivity contribution in [3.63, 3.8) is 0 Å². The molecule has 0 bridgehead atoms. The van der Waals surface area contributed by atoms with Crippen molar-refractivity contribution >= 4 is 35.7 Å². The SMILES string of the molecule is [N-]=[N+]=NCCCCCO/N=C/C(CC(=O)O)=C1\Sc2ccccc2SC1CO. The first kappa shape index (κ1) is 22.2. The highest BCUT2D eigenvalue weighted by Crippen LogP contribution is 2.48. The summed E-state index contributed by atoms with van der Waals surface area (Å²) in [5, 5.41) is 26.2. The zero-order chi connectivity index (χ0) is 20.2. The number of thioether (sulfide) groups is 2. The van der Waals surface area contributed by atoms with Gasteiger partial charge in [0.2, 0.25) is 0 Å². The quantitative estimate of drug-likeness (QED) is 0.135. The number of fused-ring (bicyclic) bond motifs is 1. The molecule has 1 aliphatic rings. The Hall–Kier alpha value is -2.13. The molecule has 0 saturated carbocycles. The number of carbonyl (C=O) groups is 1. The Bertz CT molecular complexity index is 779. The van der Waals surface area contributed by atoms with Crippen LogP contribution in [0.5, 0.6) is 0 Å². The first-order chi connectivity index (χ1) is 13.7. The molecule has 8 nitrogen and oxygen atoms in total. The third kappa shape index (κ3) is 7.12. The predicted molar refractivity (Wildman–Crippen MR) is 111 cm³/mol. The lowest BCUT2D eigenvalue weighted by Crippen LogP contribution is -2.17. The molecule has 2 N–H and O–H groups in total. The van der Waals surface area contributed by atoms with E-state index in [9.17, 15) is 15.0 Å². The van der Waals surface area contributed by atoms with Crippen LogP contribution in [0.4, 0.5) is 0 Å². The van der Waals surface area contributed by atoms with E-state index in [4.69, 9.17) is 10.4 Å². The van der Waals surface area contributed by atoms with Crippen LogP contribution in [0.3, 0.4) is 0 Å². The lowest BCUT2D eigenvalue weighted by atomic mass is 10.1. The molecule has 1 atom stereocenters. The number of azide groups is 1. The van der Waals surface area contributed by atoms with Gasteiger partial charge in [-0.3, -0.25) is 4.79 Å². The van der Waals surface area contributed by atoms with E-state index in [1.165, 1.54) is 29.7 Å². The fraction of sp³-hybridized carbons (Fsp3) is 0.444. The number of benzene rings is 1. The number of carboxylic acid groups (broad SMARTS) is 1. The van der Waals surface area contributed by atoms with E-state index in [0.717, 1.165) is 34.0 Å². The summed E-state index contributed by atoms with van der Waals surface area (Å²) in [5.41, 5.74) is 8.73. The summed E-state index contributed by atoms with van der Waals surface area (Å²) in [6.07, 6.45) is 3.65. The highest BCUT2D eigenvalue weighted by atomic mass is 32.2. The van der Waals surface area contributed by atoms with E-state index in [2.05, 4.69) is 15.2 Å². The number of hydrogen-bond donors (Lipinski definition) is 2. The van der Waals surface area contributed by atoms with Gasteiger partial charge in [-0.25, -0.2) is 0 Å². The molecular weight excluding hydrogens is 400 g/mol. The van der Waals surface area contributed by atoms with Crippen LogP contribution < -0.4 is 0 Å². The largest absolute Gasteiger partial charge is 0.481 e. The van der Waals surface area contributed by atoms with Gasteiger partial charge in [0.05, 0.1) is 24.5 Å². The Morgan fingerprint density at radius 2 is 2.07 bits per heavy atom. The molecule has 0 saturated heterocycles. The van der Waals surface area contributed by atoms with Crippen LogP contribution >= 0.6 is 23.5 Å². The molecule has 1 unspecified atom stereocenters. The molecule has 28 heavy (non-hydrogen) atoms. The fourth-order valence-corrected chi connectivity index (χ4v) is 5.05. The summed E-state index contributed by atoms with van der Waals surface area (Å²) in [4.78, 5) is 22.1.